The van der Waals surface area contributed by atoms with Crippen molar-refractivity contribution in [3.63, 3.8) is 0 Å². The third-order valence-electron chi connectivity index (χ3n) is 5.42. The second-order valence-corrected chi connectivity index (χ2v) is 8.21. The molecule has 1 aromatic heterocycles. The Morgan fingerprint density at radius 3 is 2.50 bits per heavy atom. The van der Waals surface area contributed by atoms with Crippen LogP contribution < -0.4 is 20.7 Å². The van der Waals surface area contributed by atoms with Gasteiger partial charge in [-0.15, -0.1) is 0 Å². The highest BCUT2D eigenvalue weighted by Crippen LogP contribution is 2.18. The first-order valence-corrected chi connectivity index (χ1v) is 11.9. The van der Waals surface area contributed by atoms with E-state index in [-0.39, 0.29) is 18.4 Å². The second kappa shape index (κ2) is 12.8. The van der Waals surface area contributed by atoms with Crippen LogP contribution in [0.2, 0.25) is 0 Å². The number of nitrogens with one attached hydrogen (secondary N) is 3. The SMILES string of the molecule is O=C(CNc1cccc(OCCCc2ccccc2)c1)Nc1cccc(C(=O)NCc2ccco2)c1. The first kappa shape index (κ1) is 24.6. The van der Waals surface area contributed by atoms with E-state index in [4.69, 9.17) is 9.15 Å². The molecule has 36 heavy (non-hydrogen) atoms. The smallest absolute Gasteiger partial charge is 0.251 e. The molecule has 0 aliphatic carbocycles. The van der Waals surface area contributed by atoms with E-state index in [0.29, 0.717) is 30.2 Å². The van der Waals surface area contributed by atoms with Crippen molar-refractivity contribution in [3.8, 4) is 5.75 Å². The second-order valence-electron chi connectivity index (χ2n) is 8.21. The lowest BCUT2D eigenvalue weighted by atomic mass is 10.1. The number of aryl methyl sites for hydroxylation is 1. The van der Waals surface area contributed by atoms with Crippen LogP contribution in [-0.2, 0) is 17.8 Å². The fraction of sp³-hybridized carbons (Fsp3) is 0.172. The predicted molar refractivity (Wildman–Crippen MR) is 140 cm³/mol. The number of rotatable bonds is 12. The largest absolute Gasteiger partial charge is 0.494 e. The molecule has 4 aromatic rings. The molecule has 7 nitrogen and oxygen atoms in total. The van der Waals surface area contributed by atoms with E-state index < -0.39 is 0 Å². The standard InChI is InChI=1S/C29H29N3O4/c33-28(32-25-13-4-11-23(18-25)29(34)31-20-27-15-7-17-36-27)21-30-24-12-5-14-26(19-24)35-16-6-10-22-8-2-1-3-9-22/h1-5,7-9,11-15,17-19,30H,6,10,16,20-21H2,(H,31,34)(H,32,33). The summed E-state index contributed by atoms with van der Waals surface area (Å²) in [4.78, 5) is 24.9. The molecule has 0 saturated heterocycles. The predicted octanol–water partition coefficient (Wildman–Crippen LogP) is 5.27. The van der Waals surface area contributed by atoms with E-state index in [1.54, 1.807) is 42.7 Å². The van der Waals surface area contributed by atoms with Gasteiger partial charge in [-0.2, -0.15) is 0 Å². The van der Waals surface area contributed by atoms with Crippen molar-refractivity contribution in [2.75, 3.05) is 23.8 Å². The summed E-state index contributed by atoms with van der Waals surface area (Å²) in [5, 5.41) is 8.72. The fourth-order valence-corrected chi connectivity index (χ4v) is 3.62. The summed E-state index contributed by atoms with van der Waals surface area (Å²) < 4.78 is 11.1. The normalized spacial score (nSPS) is 10.4. The molecular formula is C29H29N3O4. The summed E-state index contributed by atoms with van der Waals surface area (Å²) in [7, 11) is 0. The molecule has 0 saturated carbocycles. The number of carbonyl (C=O) groups excluding carboxylic acids is 2. The van der Waals surface area contributed by atoms with Crippen molar-refractivity contribution >= 4 is 23.2 Å². The number of anilines is 2. The van der Waals surface area contributed by atoms with Crippen LogP contribution in [0.5, 0.6) is 5.75 Å². The van der Waals surface area contributed by atoms with Crippen molar-refractivity contribution < 1.29 is 18.7 Å². The highest BCUT2D eigenvalue weighted by molar-refractivity contribution is 5.98. The Morgan fingerprint density at radius 2 is 1.67 bits per heavy atom. The van der Waals surface area contributed by atoms with Gasteiger partial charge >= 0.3 is 0 Å². The van der Waals surface area contributed by atoms with E-state index in [1.165, 1.54) is 5.56 Å². The third-order valence-corrected chi connectivity index (χ3v) is 5.42. The summed E-state index contributed by atoms with van der Waals surface area (Å²) in [6.45, 7) is 0.985. The van der Waals surface area contributed by atoms with Crippen molar-refractivity contribution in [1.29, 1.82) is 0 Å². The number of furan rings is 1. The molecule has 3 aromatic carbocycles. The molecule has 0 aliphatic heterocycles. The van der Waals surface area contributed by atoms with Crippen molar-refractivity contribution in [2.45, 2.75) is 19.4 Å². The number of hydrogen-bond donors (Lipinski definition) is 3. The highest BCUT2D eigenvalue weighted by Gasteiger charge is 2.09. The minimum atomic E-state index is -0.249. The van der Waals surface area contributed by atoms with Crippen molar-refractivity contribution in [1.82, 2.24) is 5.32 Å². The summed E-state index contributed by atoms with van der Waals surface area (Å²) in [5.41, 5.74) is 3.08. The van der Waals surface area contributed by atoms with Gasteiger partial charge in [0.15, 0.2) is 0 Å². The average molecular weight is 484 g/mol. The number of ether oxygens (including phenoxy) is 1. The molecule has 2 amide bonds. The van der Waals surface area contributed by atoms with Crippen LogP contribution in [-0.4, -0.2) is 25.0 Å². The van der Waals surface area contributed by atoms with E-state index in [2.05, 4.69) is 28.1 Å². The Bertz CT molecular complexity index is 1260. The van der Waals surface area contributed by atoms with E-state index in [1.807, 2.05) is 42.5 Å². The van der Waals surface area contributed by atoms with E-state index >= 15 is 0 Å². The van der Waals surface area contributed by atoms with Gasteiger partial charge in [0.25, 0.3) is 5.91 Å². The Kier molecular flexibility index (Phi) is 8.75. The molecule has 0 bridgehead atoms. The van der Waals surface area contributed by atoms with Gasteiger partial charge in [-0.25, -0.2) is 0 Å². The van der Waals surface area contributed by atoms with Crippen LogP contribution in [0.25, 0.3) is 0 Å². The summed E-state index contributed by atoms with van der Waals surface area (Å²) in [6, 6.07) is 28.2. The molecular weight excluding hydrogens is 454 g/mol. The molecule has 0 aliphatic rings. The van der Waals surface area contributed by atoms with Crippen LogP contribution in [0.15, 0.2) is 102 Å². The first-order valence-electron chi connectivity index (χ1n) is 11.9. The van der Waals surface area contributed by atoms with Gasteiger partial charge in [-0.05, 0) is 60.9 Å². The minimum absolute atomic E-state index is 0.0758. The Morgan fingerprint density at radius 1 is 0.833 bits per heavy atom. The maximum atomic E-state index is 12.5. The third kappa shape index (κ3) is 7.77. The minimum Gasteiger partial charge on any atom is -0.494 e. The molecule has 1 heterocycles. The molecule has 0 fully saturated rings. The van der Waals surface area contributed by atoms with Gasteiger partial charge < -0.3 is 25.1 Å². The van der Waals surface area contributed by atoms with Crippen molar-refractivity contribution in [3.05, 3.63) is 114 Å². The van der Waals surface area contributed by atoms with E-state index in [9.17, 15) is 9.59 Å². The zero-order chi connectivity index (χ0) is 25.0. The fourth-order valence-electron chi connectivity index (χ4n) is 3.62. The van der Waals surface area contributed by atoms with Gasteiger partial charge in [0.2, 0.25) is 5.91 Å². The molecule has 0 atom stereocenters. The average Bonchev–Trinajstić information content (AvgIpc) is 3.43. The molecule has 3 N–H and O–H groups in total. The van der Waals surface area contributed by atoms with Gasteiger partial charge in [0.05, 0.1) is 26.0 Å². The number of benzene rings is 3. The molecule has 184 valence electrons. The van der Waals surface area contributed by atoms with E-state index in [0.717, 1.165) is 24.3 Å². The van der Waals surface area contributed by atoms with Crippen LogP contribution in [0.3, 0.4) is 0 Å². The first-order chi connectivity index (χ1) is 17.7. The zero-order valence-corrected chi connectivity index (χ0v) is 19.9. The van der Waals surface area contributed by atoms with Crippen LogP contribution in [0, 0.1) is 0 Å². The van der Waals surface area contributed by atoms with Gasteiger partial charge in [0.1, 0.15) is 11.5 Å². The lowest BCUT2D eigenvalue weighted by molar-refractivity contribution is -0.114. The lowest BCUT2D eigenvalue weighted by Gasteiger charge is -2.11. The van der Waals surface area contributed by atoms with Crippen molar-refractivity contribution in [2.24, 2.45) is 0 Å². The molecule has 7 heteroatoms. The van der Waals surface area contributed by atoms with Crippen LogP contribution in [0.1, 0.15) is 28.1 Å². The number of amides is 2. The summed E-state index contributed by atoms with van der Waals surface area (Å²) in [5.74, 6) is 0.945. The van der Waals surface area contributed by atoms with Crippen LogP contribution in [0.4, 0.5) is 11.4 Å². The maximum Gasteiger partial charge on any atom is 0.251 e. The molecule has 0 radical (unpaired) electrons. The molecule has 4 rings (SSSR count). The van der Waals surface area contributed by atoms with Gasteiger partial charge in [-0.1, -0.05) is 42.5 Å². The quantitative estimate of drug-likeness (QED) is 0.239. The topological polar surface area (TPSA) is 92.6 Å². The zero-order valence-electron chi connectivity index (χ0n) is 19.9. The maximum absolute atomic E-state index is 12.5. The monoisotopic (exact) mass is 483 g/mol. The Labute approximate surface area is 210 Å². The highest BCUT2D eigenvalue weighted by atomic mass is 16.5. The number of carbonyl (C=O) groups is 2. The van der Waals surface area contributed by atoms with Crippen LogP contribution >= 0.6 is 0 Å². The summed E-state index contributed by atoms with van der Waals surface area (Å²) >= 11 is 0. The lowest BCUT2D eigenvalue weighted by Crippen LogP contribution is -2.24. The molecule has 0 unspecified atom stereocenters. The Balaban J connectivity index is 1.21. The number of hydrogen-bond acceptors (Lipinski definition) is 5. The molecule has 0 spiro atoms. The van der Waals surface area contributed by atoms with Gasteiger partial charge in [-0.3, -0.25) is 9.59 Å². The summed E-state index contributed by atoms with van der Waals surface area (Å²) in [6.07, 6.45) is 3.44. The van der Waals surface area contributed by atoms with Gasteiger partial charge in [0, 0.05) is 23.0 Å². The Hall–Kier alpha value is -4.52.